The summed E-state index contributed by atoms with van der Waals surface area (Å²) in [5.41, 5.74) is -2.69. The van der Waals surface area contributed by atoms with Gasteiger partial charge < -0.3 is 79.6 Å². The fourth-order valence-electron chi connectivity index (χ4n) is 4.14. The van der Waals surface area contributed by atoms with E-state index in [1.54, 1.807) is 103 Å². The number of ether oxygens (including phenoxy) is 8. The molecule has 0 unspecified atom stereocenters. The number of aliphatic carboxylic acids is 2. The van der Waals surface area contributed by atoms with Crippen molar-refractivity contribution in [3.63, 3.8) is 0 Å². The number of aliphatic hydroxyl groups excluding tert-OH is 2. The van der Waals surface area contributed by atoms with Crippen molar-refractivity contribution in [1.82, 2.24) is 21.3 Å². The minimum Gasteiger partial charge on any atom is -0.480 e. The van der Waals surface area contributed by atoms with E-state index >= 15 is 0 Å². The van der Waals surface area contributed by atoms with Crippen molar-refractivity contribution in [2.45, 2.75) is 189 Å². The summed E-state index contributed by atoms with van der Waals surface area (Å²) < 4.78 is 39.4. The minimum atomic E-state index is -1.36. The molecule has 70 heavy (non-hydrogen) atoms. The molecule has 0 aliphatic carbocycles. The van der Waals surface area contributed by atoms with Crippen molar-refractivity contribution in [2.24, 2.45) is 0 Å². The van der Waals surface area contributed by atoms with E-state index in [1.807, 2.05) is 0 Å². The van der Waals surface area contributed by atoms with Gasteiger partial charge in [-0.3, -0.25) is 0 Å². The van der Waals surface area contributed by atoms with Crippen LogP contribution in [-0.4, -0.2) is 176 Å². The molecule has 0 aromatic carbocycles. The molecular weight excluding hydrogens is 927 g/mol. The third-order valence-electron chi connectivity index (χ3n) is 6.99. The van der Waals surface area contributed by atoms with Gasteiger partial charge in [-0.1, -0.05) is 19.6 Å². The number of aliphatic hydroxyl groups is 2. The van der Waals surface area contributed by atoms with Crippen LogP contribution in [0, 0.1) is 0 Å². The van der Waals surface area contributed by atoms with Crippen LogP contribution >= 0.6 is 0 Å². The number of methoxy groups -OCH3 is 2. The van der Waals surface area contributed by atoms with Gasteiger partial charge in [-0.15, -0.1) is 13.2 Å². The van der Waals surface area contributed by atoms with Crippen molar-refractivity contribution in [1.29, 1.82) is 0 Å². The van der Waals surface area contributed by atoms with Crippen LogP contribution in [0.3, 0.4) is 0 Å². The maximum absolute atomic E-state index is 11.7. The lowest BCUT2D eigenvalue weighted by Gasteiger charge is -2.25. The zero-order valence-corrected chi connectivity index (χ0v) is 43.5. The highest BCUT2D eigenvalue weighted by atomic mass is 16.6. The molecule has 0 aromatic heterocycles. The Hall–Kier alpha value is -5.66. The van der Waals surface area contributed by atoms with E-state index in [9.17, 15) is 43.5 Å². The smallest absolute Gasteiger partial charge is 0.408 e. The summed E-state index contributed by atoms with van der Waals surface area (Å²) in [6.45, 7) is 33.7. The molecule has 0 rings (SSSR count). The van der Waals surface area contributed by atoms with Crippen LogP contribution in [0.4, 0.5) is 19.2 Å². The lowest BCUT2D eigenvalue weighted by Crippen LogP contribution is -2.50. The predicted molar refractivity (Wildman–Crippen MR) is 259 cm³/mol. The first-order valence-corrected chi connectivity index (χ1v) is 21.1. The number of carboxylic acids is 2. The fraction of sp³-hybridized carbons (Fsp3) is 0.733. The molecule has 25 heteroatoms. The summed E-state index contributed by atoms with van der Waals surface area (Å²) in [6, 6.07) is -4.58. The highest BCUT2D eigenvalue weighted by Crippen LogP contribution is 2.11. The Morgan fingerprint density at radius 1 is 0.471 bits per heavy atom. The van der Waals surface area contributed by atoms with Crippen LogP contribution in [-0.2, 0) is 57.1 Å². The van der Waals surface area contributed by atoms with Gasteiger partial charge in [0.15, 0.2) is 24.2 Å². The van der Waals surface area contributed by atoms with Crippen LogP contribution in [0.15, 0.2) is 25.3 Å². The first-order valence-electron chi connectivity index (χ1n) is 21.1. The monoisotopic (exact) mass is 1010 g/mol. The van der Waals surface area contributed by atoms with E-state index < -0.39 is 119 Å². The minimum absolute atomic E-state index is 0. The van der Waals surface area contributed by atoms with E-state index in [0.29, 0.717) is 0 Å². The molecule has 0 aromatic rings. The van der Waals surface area contributed by atoms with Gasteiger partial charge in [0.05, 0.1) is 51.8 Å². The largest absolute Gasteiger partial charge is 0.480 e. The second-order valence-corrected chi connectivity index (χ2v) is 18.4. The Morgan fingerprint density at radius 3 is 0.929 bits per heavy atom. The summed E-state index contributed by atoms with van der Waals surface area (Å²) >= 11 is 0. The van der Waals surface area contributed by atoms with Gasteiger partial charge in [0.25, 0.3) is 0 Å². The average Bonchev–Trinajstić information content (AvgIpc) is 3.15. The first-order chi connectivity index (χ1) is 30.7. The van der Waals surface area contributed by atoms with E-state index in [-0.39, 0.29) is 29.1 Å². The maximum Gasteiger partial charge on any atom is 0.408 e. The molecule has 0 heterocycles. The molecule has 0 aliphatic rings. The summed E-state index contributed by atoms with van der Waals surface area (Å²) in [5.74, 6) is -3.81. The zero-order valence-electron chi connectivity index (χ0n) is 43.5. The van der Waals surface area contributed by atoms with E-state index in [1.165, 1.54) is 34.1 Å². The van der Waals surface area contributed by atoms with Gasteiger partial charge in [0.2, 0.25) is 0 Å². The van der Waals surface area contributed by atoms with Crippen LogP contribution in [0.25, 0.3) is 0 Å². The Balaban J connectivity index is -0.000000194. The fourth-order valence-corrected chi connectivity index (χ4v) is 4.14. The highest BCUT2D eigenvalue weighted by Gasteiger charge is 2.32. The van der Waals surface area contributed by atoms with Gasteiger partial charge in [-0.2, -0.15) is 0 Å². The second kappa shape index (κ2) is 36.3. The predicted octanol–water partition coefficient (Wildman–Crippen LogP) is 4.23. The highest BCUT2D eigenvalue weighted by molar-refractivity contribution is 5.83. The van der Waals surface area contributed by atoms with E-state index in [0.717, 1.165) is 0 Å². The van der Waals surface area contributed by atoms with E-state index in [4.69, 9.17) is 43.7 Å². The number of amides is 4. The van der Waals surface area contributed by atoms with Crippen LogP contribution in [0.2, 0.25) is 0 Å². The van der Waals surface area contributed by atoms with Crippen LogP contribution in [0.1, 0.15) is 118 Å². The second-order valence-electron chi connectivity index (χ2n) is 18.4. The van der Waals surface area contributed by atoms with Gasteiger partial charge in [-0.25, -0.2) is 38.4 Å². The maximum atomic E-state index is 11.7. The van der Waals surface area contributed by atoms with Crippen LogP contribution in [0.5, 0.6) is 0 Å². The third kappa shape index (κ3) is 42.4. The summed E-state index contributed by atoms with van der Waals surface area (Å²) in [4.78, 5) is 90.1. The standard InChI is InChI=1S/C13H23NO5.C12H21NO5.C10H19NO5.C9H17NO5.CH4.B/c1-7-8-18-9(2)10(11(15)17-6)14-12(16)19-13(3,4)5;1-6-7-17-8(2)9(10(14)15)13-11(16)18-12(3,4)5;1-6(12)7(8(13)15-5)11-9(14)16-10(2,3)4;1-5(11)6(7(12)13)10-8(14)15-9(2,3)4;;/h7,9-10H,1,8H2,2-6H3,(H,14,16);6,8-9H,1,7H2,2-5H3,(H,13,16)(H,14,15);6-7,12H,1-5H3,(H,11,14);5-6,11H,1-4H3,(H,10,14)(H,12,13);1H4;/t9-,10+;8-,9+;6-,7+;5-,6+;;/m1111../s1. The SMILES string of the molecule is C.C=CCO[C@H](C)[C@H](NC(=O)OC(C)(C)C)C(=O)O.C=CCO[C@H](C)[C@H](NC(=O)OC(C)(C)C)C(=O)OC.COC(=O)[C@@H](NC(=O)OC(C)(C)C)[C@@H](C)O.C[C@@H](O)[C@H](NC(=O)OC(C)(C)C)C(=O)O.[B]. The Kier molecular flexibility index (Phi) is 39.3. The van der Waals surface area contributed by atoms with Crippen molar-refractivity contribution >= 4 is 56.7 Å². The lowest BCUT2D eigenvalue weighted by atomic mass is 10.2. The number of nitrogens with one attached hydrogen (secondary N) is 4. The molecular formula is C45H84BN4O20. The number of rotatable bonds is 18. The molecule has 0 saturated carbocycles. The summed E-state index contributed by atoms with van der Waals surface area (Å²) in [5, 5.41) is 45.0. The third-order valence-corrected chi connectivity index (χ3v) is 6.99. The molecule has 0 aliphatic heterocycles. The Morgan fingerprint density at radius 2 is 0.700 bits per heavy atom. The number of hydrogen-bond donors (Lipinski definition) is 8. The normalized spacial score (nSPS) is 14.2. The number of hydrogen-bond acceptors (Lipinski definition) is 18. The van der Waals surface area contributed by atoms with E-state index in [2.05, 4.69) is 43.9 Å². The molecule has 0 spiro atoms. The molecule has 0 fully saturated rings. The van der Waals surface area contributed by atoms with Gasteiger partial charge in [0, 0.05) is 8.41 Å². The van der Waals surface area contributed by atoms with Crippen LogP contribution < -0.4 is 21.3 Å². The number of alkyl carbamates (subject to hydrolysis) is 4. The van der Waals surface area contributed by atoms with Crippen molar-refractivity contribution in [3.05, 3.63) is 25.3 Å². The van der Waals surface area contributed by atoms with Gasteiger partial charge in [0.1, 0.15) is 22.4 Å². The Labute approximate surface area is 415 Å². The first kappa shape index (κ1) is 75.8. The number of carbonyl (C=O) groups excluding carboxylic acids is 6. The van der Waals surface area contributed by atoms with Crippen molar-refractivity contribution in [2.75, 3.05) is 27.4 Å². The summed E-state index contributed by atoms with van der Waals surface area (Å²) in [6.07, 6.45) is -3.55. The lowest BCUT2D eigenvalue weighted by molar-refractivity contribution is -0.147. The molecule has 4 amide bonds. The molecule has 24 nitrogen and oxygen atoms in total. The molecule has 0 bridgehead atoms. The molecule has 0 saturated heterocycles. The van der Waals surface area contributed by atoms with Gasteiger partial charge in [-0.05, 0) is 111 Å². The topological polar surface area (TPSA) is 339 Å². The Bertz CT molecular complexity index is 1600. The van der Waals surface area contributed by atoms with Crippen molar-refractivity contribution < 1.29 is 96.7 Å². The number of carbonyl (C=O) groups is 8. The zero-order chi connectivity index (χ0) is 54.6. The molecule has 8 N–H and O–H groups in total. The average molecular weight is 1010 g/mol. The number of esters is 2. The molecule has 407 valence electrons. The van der Waals surface area contributed by atoms with Crippen molar-refractivity contribution in [3.8, 4) is 0 Å². The quantitative estimate of drug-likeness (QED) is 0.0412. The summed E-state index contributed by atoms with van der Waals surface area (Å²) in [7, 11) is 2.42. The molecule has 3 radical (unpaired) electrons. The molecule has 8 atom stereocenters. The number of carboxylic acid groups (broad SMARTS) is 2. The van der Waals surface area contributed by atoms with Gasteiger partial charge >= 0.3 is 48.3 Å².